The third-order valence-corrected chi connectivity index (χ3v) is 5.38. The number of thiazole rings is 1. The van der Waals surface area contributed by atoms with Crippen LogP contribution < -0.4 is 5.32 Å². The number of carbonyl (C=O) groups excluding carboxylic acids is 3. The summed E-state index contributed by atoms with van der Waals surface area (Å²) in [6, 6.07) is 16.1. The molecular formula is C22H20N2O4S. The van der Waals surface area contributed by atoms with Gasteiger partial charge in [0.2, 0.25) is 0 Å². The maximum atomic E-state index is 12.5. The first kappa shape index (κ1) is 20.4. The summed E-state index contributed by atoms with van der Waals surface area (Å²) in [6.07, 6.45) is -1.01. The Hall–Kier alpha value is -3.32. The summed E-state index contributed by atoms with van der Waals surface area (Å²) in [5, 5.41) is 3.37. The number of aromatic nitrogens is 1. The van der Waals surface area contributed by atoms with E-state index in [0.717, 1.165) is 5.56 Å². The van der Waals surface area contributed by atoms with Crippen molar-refractivity contribution in [2.45, 2.75) is 26.9 Å². The zero-order valence-corrected chi connectivity index (χ0v) is 17.1. The van der Waals surface area contributed by atoms with Crippen molar-refractivity contribution in [1.82, 2.24) is 4.98 Å². The van der Waals surface area contributed by atoms with Gasteiger partial charge >= 0.3 is 5.97 Å². The second-order valence-electron chi connectivity index (χ2n) is 6.47. The maximum absolute atomic E-state index is 12.5. The van der Waals surface area contributed by atoms with Crippen molar-refractivity contribution >= 4 is 34.7 Å². The summed E-state index contributed by atoms with van der Waals surface area (Å²) in [5.41, 5.74) is 2.42. The molecule has 29 heavy (non-hydrogen) atoms. The number of amides is 1. The van der Waals surface area contributed by atoms with E-state index in [1.807, 2.05) is 30.3 Å². The lowest BCUT2D eigenvalue weighted by Crippen LogP contribution is -2.30. The summed E-state index contributed by atoms with van der Waals surface area (Å²) in [5.74, 6) is -1.18. The summed E-state index contributed by atoms with van der Waals surface area (Å²) < 4.78 is 5.33. The number of carbonyl (C=O) groups is 3. The number of esters is 1. The van der Waals surface area contributed by atoms with Gasteiger partial charge < -0.3 is 10.1 Å². The minimum absolute atomic E-state index is 0.101. The third kappa shape index (κ3) is 4.94. The molecular weight excluding hydrogens is 388 g/mol. The predicted molar refractivity (Wildman–Crippen MR) is 112 cm³/mol. The number of Topliss-reactive ketones (excluding diaryl/α,β-unsaturated/α-hetero) is 1. The second kappa shape index (κ2) is 8.79. The molecule has 0 spiro atoms. The number of benzene rings is 2. The Balaban J connectivity index is 1.67. The van der Waals surface area contributed by atoms with Crippen LogP contribution in [0, 0.1) is 6.92 Å². The van der Waals surface area contributed by atoms with Crippen LogP contribution in [-0.4, -0.2) is 28.7 Å². The van der Waals surface area contributed by atoms with Gasteiger partial charge in [-0.3, -0.25) is 9.59 Å². The van der Waals surface area contributed by atoms with Gasteiger partial charge in [0.15, 0.2) is 11.9 Å². The summed E-state index contributed by atoms with van der Waals surface area (Å²) >= 11 is 1.23. The molecule has 0 fully saturated rings. The normalized spacial score (nSPS) is 11.6. The van der Waals surface area contributed by atoms with Gasteiger partial charge in [-0.1, -0.05) is 42.5 Å². The molecule has 6 nitrogen and oxygen atoms in total. The van der Waals surface area contributed by atoms with Crippen LogP contribution in [0.3, 0.4) is 0 Å². The largest absolute Gasteiger partial charge is 0.448 e. The molecule has 7 heteroatoms. The Bertz CT molecular complexity index is 1060. The van der Waals surface area contributed by atoms with E-state index in [4.69, 9.17) is 4.74 Å². The van der Waals surface area contributed by atoms with E-state index in [1.54, 1.807) is 31.2 Å². The number of aryl methyl sites for hydroxylation is 1. The Morgan fingerprint density at radius 2 is 1.79 bits per heavy atom. The molecule has 3 rings (SSSR count). The minimum Gasteiger partial charge on any atom is -0.448 e. The van der Waals surface area contributed by atoms with E-state index in [0.29, 0.717) is 26.8 Å². The van der Waals surface area contributed by atoms with Crippen LogP contribution in [0.4, 0.5) is 5.69 Å². The average Bonchev–Trinajstić information content (AvgIpc) is 3.10. The van der Waals surface area contributed by atoms with E-state index < -0.39 is 18.0 Å². The number of ketones is 1. The fourth-order valence-electron chi connectivity index (χ4n) is 2.62. The lowest BCUT2D eigenvalue weighted by molar-refractivity contribution is -0.123. The van der Waals surface area contributed by atoms with E-state index >= 15 is 0 Å². The van der Waals surface area contributed by atoms with Gasteiger partial charge in [-0.2, -0.15) is 0 Å². The van der Waals surface area contributed by atoms with Crippen LogP contribution in [0.2, 0.25) is 0 Å². The fraction of sp³-hybridized carbons (Fsp3) is 0.182. The zero-order valence-electron chi connectivity index (χ0n) is 16.3. The van der Waals surface area contributed by atoms with Crippen molar-refractivity contribution in [3.05, 3.63) is 70.7 Å². The Morgan fingerprint density at radius 1 is 1.07 bits per heavy atom. The van der Waals surface area contributed by atoms with Crippen LogP contribution in [0.1, 0.15) is 39.6 Å². The number of hydrogen-bond acceptors (Lipinski definition) is 6. The van der Waals surface area contributed by atoms with Gasteiger partial charge in [-0.25, -0.2) is 9.78 Å². The first-order valence-electron chi connectivity index (χ1n) is 9.01. The van der Waals surface area contributed by atoms with Gasteiger partial charge in [0.05, 0.1) is 5.69 Å². The van der Waals surface area contributed by atoms with Crippen molar-refractivity contribution in [3.8, 4) is 10.6 Å². The first-order valence-corrected chi connectivity index (χ1v) is 9.82. The monoisotopic (exact) mass is 408 g/mol. The smallest absolute Gasteiger partial charge is 0.351 e. The van der Waals surface area contributed by atoms with Gasteiger partial charge in [-0.05, 0) is 32.9 Å². The molecule has 1 aromatic heterocycles. The van der Waals surface area contributed by atoms with Crippen LogP contribution in [0.5, 0.6) is 0 Å². The van der Waals surface area contributed by atoms with Crippen LogP contribution in [-0.2, 0) is 9.53 Å². The average molecular weight is 408 g/mol. The van der Waals surface area contributed by atoms with E-state index in [2.05, 4.69) is 10.3 Å². The van der Waals surface area contributed by atoms with E-state index in [1.165, 1.54) is 25.2 Å². The number of nitrogens with one attached hydrogen (secondary N) is 1. The maximum Gasteiger partial charge on any atom is 0.351 e. The molecule has 0 aliphatic rings. The molecule has 2 aromatic carbocycles. The fourth-order valence-corrected chi connectivity index (χ4v) is 3.57. The molecule has 1 amide bonds. The number of nitrogens with zero attached hydrogens (tertiary/aromatic N) is 1. The van der Waals surface area contributed by atoms with Crippen molar-refractivity contribution in [3.63, 3.8) is 0 Å². The van der Waals surface area contributed by atoms with E-state index in [9.17, 15) is 14.4 Å². The number of ether oxygens (including phenoxy) is 1. The number of rotatable bonds is 6. The van der Waals surface area contributed by atoms with Crippen molar-refractivity contribution < 1.29 is 19.1 Å². The van der Waals surface area contributed by atoms with Crippen molar-refractivity contribution in [1.29, 1.82) is 0 Å². The Kier molecular flexibility index (Phi) is 6.19. The predicted octanol–water partition coefficient (Wildman–Crippen LogP) is 4.51. The summed E-state index contributed by atoms with van der Waals surface area (Å²) in [7, 11) is 0. The van der Waals surface area contributed by atoms with Crippen molar-refractivity contribution in [2.75, 3.05) is 5.32 Å². The van der Waals surface area contributed by atoms with Crippen LogP contribution in [0.25, 0.3) is 10.6 Å². The lowest BCUT2D eigenvalue weighted by Gasteiger charge is -2.13. The molecule has 3 aromatic rings. The lowest BCUT2D eigenvalue weighted by atomic mass is 10.1. The molecule has 1 heterocycles. The molecule has 148 valence electrons. The standard InChI is InChI=1S/C22H20N2O4S/c1-13-19(29-21(23-13)16-8-5-4-6-9-16)22(27)28-15(3)20(26)24-18-11-7-10-17(12-18)14(2)25/h4-12,15H,1-3H3,(H,24,26)/t15-/m0/s1. The summed E-state index contributed by atoms with van der Waals surface area (Å²) in [4.78, 5) is 41.2. The SMILES string of the molecule is CC(=O)c1cccc(NC(=O)[C@H](C)OC(=O)c2sc(-c3ccccc3)nc2C)c1. The third-order valence-electron chi connectivity index (χ3n) is 4.19. The molecule has 0 unspecified atom stereocenters. The highest BCUT2D eigenvalue weighted by Crippen LogP contribution is 2.28. The molecule has 0 radical (unpaired) electrons. The quantitative estimate of drug-likeness (QED) is 0.479. The second-order valence-corrected chi connectivity index (χ2v) is 7.47. The summed E-state index contributed by atoms with van der Waals surface area (Å²) in [6.45, 7) is 4.68. The van der Waals surface area contributed by atoms with Crippen LogP contribution >= 0.6 is 11.3 Å². The molecule has 0 bridgehead atoms. The van der Waals surface area contributed by atoms with Crippen LogP contribution in [0.15, 0.2) is 54.6 Å². The van der Waals surface area contributed by atoms with Gasteiger partial charge in [0.25, 0.3) is 5.91 Å². The molecule has 0 aliphatic carbocycles. The molecule has 0 saturated carbocycles. The van der Waals surface area contributed by atoms with Gasteiger partial charge in [0.1, 0.15) is 9.88 Å². The van der Waals surface area contributed by atoms with Crippen molar-refractivity contribution in [2.24, 2.45) is 0 Å². The molecule has 1 N–H and O–H groups in total. The highest BCUT2D eigenvalue weighted by atomic mass is 32.1. The highest BCUT2D eigenvalue weighted by Gasteiger charge is 2.23. The number of anilines is 1. The molecule has 0 aliphatic heterocycles. The molecule has 0 saturated heterocycles. The highest BCUT2D eigenvalue weighted by molar-refractivity contribution is 7.17. The van der Waals surface area contributed by atoms with Gasteiger partial charge in [-0.15, -0.1) is 11.3 Å². The van der Waals surface area contributed by atoms with E-state index in [-0.39, 0.29) is 5.78 Å². The first-order chi connectivity index (χ1) is 13.8. The molecule has 1 atom stereocenters. The Labute approximate surface area is 172 Å². The Morgan fingerprint density at radius 3 is 2.48 bits per heavy atom. The zero-order chi connectivity index (χ0) is 21.0. The topological polar surface area (TPSA) is 85.4 Å². The van der Waals surface area contributed by atoms with Gasteiger partial charge in [0, 0.05) is 16.8 Å². The minimum atomic E-state index is -1.01. The number of hydrogen-bond donors (Lipinski definition) is 1.